The highest BCUT2D eigenvalue weighted by atomic mass is 35.5. The molecule has 1 unspecified atom stereocenters. The maximum atomic E-state index is 16.4. The fraction of sp³-hybridized carbons (Fsp3) is 0.438. The Hall–Kier alpha value is -3.26. The van der Waals surface area contributed by atoms with E-state index in [1.54, 1.807) is 31.2 Å². The van der Waals surface area contributed by atoms with Crippen LogP contribution < -0.4 is 0 Å². The molecule has 0 radical (unpaired) electrons. The van der Waals surface area contributed by atoms with Crippen LogP contribution in [-0.2, 0) is 27.4 Å². The molecule has 3 N–H and O–H groups in total. The van der Waals surface area contributed by atoms with Gasteiger partial charge < -0.3 is 25.0 Å². The molecule has 1 saturated heterocycles. The number of carbonyl (C=O) groups is 2. The summed E-state index contributed by atoms with van der Waals surface area (Å²) in [6.07, 6.45) is 1.72. The summed E-state index contributed by atoms with van der Waals surface area (Å²) in [7, 11) is 3.26. The van der Waals surface area contributed by atoms with Crippen molar-refractivity contribution in [3.63, 3.8) is 0 Å². The zero-order chi connectivity index (χ0) is 34.0. The van der Waals surface area contributed by atoms with Crippen molar-refractivity contribution < 1.29 is 38.4 Å². The highest BCUT2D eigenvalue weighted by Gasteiger charge is 2.57. The van der Waals surface area contributed by atoms with Crippen molar-refractivity contribution in [1.29, 1.82) is 0 Å². The van der Waals surface area contributed by atoms with Crippen molar-refractivity contribution in [2.45, 2.75) is 62.8 Å². The maximum absolute atomic E-state index is 16.4. The number of fused-ring (bicyclic) bond motifs is 1. The number of aliphatic hydroxyl groups excluding tert-OH is 1. The van der Waals surface area contributed by atoms with Crippen LogP contribution in [0.15, 0.2) is 48.8 Å². The molecule has 248 valence electrons. The number of aliphatic hydroxyl groups is 2. The summed E-state index contributed by atoms with van der Waals surface area (Å²) in [6.45, 7) is 3.60. The molecule has 10 nitrogen and oxygen atoms in total. The monoisotopic (exact) mass is 680 g/mol. The standard InChI is InChI=1S/C29H30Cl2F2N4O3.C3H6O3/c1-4-28(39,27(33)9-11-36(2)12-10-27)19-13-22-25(23(32)14-19)29(40-3,18-5-7-20(30)8-6-18)37(26(22)38)17-24-34-15-21(31)16-35-24;1-2(4)3(5)6/h5-8,13-16,39H,4,9-12,17H2,1-3H3;2,4H,1H3,(H,5,6)/t28?,29-;2-/m10/s1. The average Bonchev–Trinajstić information content (AvgIpc) is 3.27. The number of ether oxygens (including phenoxy) is 1. The number of benzene rings is 2. The van der Waals surface area contributed by atoms with Gasteiger partial charge in [0.05, 0.1) is 22.7 Å². The van der Waals surface area contributed by atoms with Crippen molar-refractivity contribution in [2.75, 3.05) is 27.2 Å². The summed E-state index contributed by atoms with van der Waals surface area (Å²) < 4.78 is 38.8. The zero-order valence-corrected chi connectivity index (χ0v) is 27.3. The number of piperidine rings is 1. The summed E-state index contributed by atoms with van der Waals surface area (Å²) in [5.41, 5.74) is -5.35. The van der Waals surface area contributed by atoms with Gasteiger partial charge >= 0.3 is 5.97 Å². The van der Waals surface area contributed by atoms with Crippen LogP contribution in [0.2, 0.25) is 10.0 Å². The number of likely N-dealkylation sites (tertiary alicyclic amines) is 1. The molecule has 2 aromatic carbocycles. The lowest BCUT2D eigenvalue weighted by Crippen LogP contribution is -2.54. The molecule has 14 heteroatoms. The Labute approximate surface area is 275 Å². The Morgan fingerprint density at radius 2 is 1.70 bits per heavy atom. The minimum Gasteiger partial charge on any atom is -0.479 e. The largest absolute Gasteiger partial charge is 0.479 e. The van der Waals surface area contributed by atoms with Gasteiger partial charge in [0, 0.05) is 43.2 Å². The molecule has 2 aliphatic rings. The average molecular weight is 682 g/mol. The number of aliphatic carboxylic acids is 1. The number of amides is 1. The highest BCUT2D eigenvalue weighted by molar-refractivity contribution is 6.30. The molecule has 1 fully saturated rings. The first-order valence-electron chi connectivity index (χ1n) is 14.6. The molecule has 46 heavy (non-hydrogen) atoms. The number of hydrogen-bond donors (Lipinski definition) is 3. The molecule has 0 aliphatic carbocycles. The van der Waals surface area contributed by atoms with Crippen LogP contribution >= 0.6 is 23.2 Å². The third-order valence-corrected chi connectivity index (χ3v) is 9.10. The first kappa shape index (κ1) is 35.6. The Balaban J connectivity index is 0.000000731. The Kier molecular flexibility index (Phi) is 10.7. The van der Waals surface area contributed by atoms with Gasteiger partial charge in [-0.1, -0.05) is 42.3 Å². The summed E-state index contributed by atoms with van der Waals surface area (Å²) in [6, 6.07) is 9.05. The van der Waals surface area contributed by atoms with E-state index in [1.807, 2.05) is 11.9 Å². The van der Waals surface area contributed by atoms with Crippen LogP contribution in [0, 0.1) is 5.82 Å². The smallest absolute Gasteiger partial charge is 0.332 e. The number of halogens is 4. The SMILES string of the molecule is CCC(O)(c1cc(F)c2c(c1)C(=O)N(Cc1ncc(Cl)cn1)[C@@]2(OC)c1ccc(Cl)cc1)C1(F)CCN(C)CC1.C[C@H](O)C(=O)O. The van der Waals surface area contributed by atoms with Crippen molar-refractivity contribution in [3.05, 3.63) is 92.7 Å². The van der Waals surface area contributed by atoms with Crippen LogP contribution in [0.1, 0.15) is 66.0 Å². The first-order chi connectivity index (χ1) is 21.6. The predicted molar refractivity (Wildman–Crippen MR) is 167 cm³/mol. The third-order valence-electron chi connectivity index (χ3n) is 8.66. The number of hydrogen-bond acceptors (Lipinski definition) is 8. The van der Waals surface area contributed by atoms with Crippen molar-refractivity contribution >= 4 is 35.1 Å². The van der Waals surface area contributed by atoms with E-state index in [1.165, 1.54) is 37.4 Å². The molecular formula is C32H36Cl2F2N4O6. The molecule has 1 aromatic heterocycles. The highest BCUT2D eigenvalue weighted by Crippen LogP contribution is 2.51. The summed E-state index contributed by atoms with van der Waals surface area (Å²) in [5, 5.41) is 28.3. The molecule has 0 spiro atoms. The fourth-order valence-electron chi connectivity index (χ4n) is 6.00. The third kappa shape index (κ3) is 6.47. The number of carbonyl (C=O) groups excluding carboxylic acids is 1. The topological polar surface area (TPSA) is 136 Å². The number of methoxy groups -OCH3 is 1. The molecule has 0 saturated carbocycles. The van der Waals surface area contributed by atoms with Gasteiger partial charge in [-0.05, 0) is 63.1 Å². The van der Waals surface area contributed by atoms with Gasteiger partial charge in [0.15, 0.2) is 5.72 Å². The maximum Gasteiger partial charge on any atom is 0.332 e. The molecule has 5 rings (SSSR count). The van der Waals surface area contributed by atoms with Gasteiger partial charge in [0.1, 0.15) is 29.0 Å². The second kappa shape index (κ2) is 13.8. The Bertz CT molecular complexity index is 1570. The molecule has 3 atom stereocenters. The van der Waals surface area contributed by atoms with E-state index in [9.17, 15) is 14.7 Å². The van der Waals surface area contributed by atoms with Crippen LogP contribution in [0.5, 0.6) is 0 Å². The lowest BCUT2D eigenvalue weighted by Gasteiger charge is -2.45. The number of carboxylic acid groups (broad SMARTS) is 1. The molecule has 1 amide bonds. The Morgan fingerprint density at radius 3 is 2.20 bits per heavy atom. The molecular weight excluding hydrogens is 645 g/mol. The van der Waals surface area contributed by atoms with E-state index in [-0.39, 0.29) is 48.3 Å². The lowest BCUT2D eigenvalue weighted by molar-refractivity contribution is -0.145. The molecule has 2 aliphatic heterocycles. The number of carboxylic acids is 1. The van der Waals surface area contributed by atoms with Crippen molar-refractivity contribution in [1.82, 2.24) is 19.8 Å². The number of nitrogens with zero attached hydrogens (tertiary/aromatic N) is 4. The van der Waals surface area contributed by atoms with Crippen LogP contribution in [-0.4, -0.2) is 86.0 Å². The van der Waals surface area contributed by atoms with Gasteiger partial charge in [-0.25, -0.2) is 23.5 Å². The fourth-order valence-corrected chi connectivity index (χ4v) is 6.22. The van der Waals surface area contributed by atoms with Gasteiger partial charge in [-0.3, -0.25) is 9.69 Å². The number of rotatable bonds is 8. The predicted octanol–water partition coefficient (Wildman–Crippen LogP) is 4.91. The van der Waals surface area contributed by atoms with Gasteiger partial charge in [0.25, 0.3) is 5.91 Å². The summed E-state index contributed by atoms with van der Waals surface area (Å²) in [4.78, 5) is 35.3. The van der Waals surface area contributed by atoms with Crippen LogP contribution in [0.25, 0.3) is 0 Å². The quantitative estimate of drug-likeness (QED) is 0.303. The number of alkyl halides is 1. The van der Waals surface area contributed by atoms with Gasteiger partial charge in [-0.15, -0.1) is 0 Å². The summed E-state index contributed by atoms with van der Waals surface area (Å²) >= 11 is 12.1. The van der Waals surface area contributed by atoms with E-state index in [4.69, 9.17) is 38.2 Å². The second-order valence-electron chi connectivity index (χ2n) is 11.4. The second-order valence-corrected chi connectivity index (χ2v) is 12.3. The van der Waals surface area contributed by atoms with Crippen molar-refractivity contribution in [2.24, 2.45) is 0 Å². The molecule has 0 bridgehead atoms. The minimum atomic E-state index is -2.01. The van der Waals surface area contributed by atoms with Gasteiger partial charge in [0.2, 0.25) is 0 Å². The Morgan fingerprint density at radius 1 is 1.13 bits per heavy atom. The van der Waals surface area contributed by atoms with E-state index < -0.39 is 40.8 Å². The molecule has 3 heterocycles. The zero-order valence-electron chi connectivity index (χ0n) is 25.8. The van der Waals surface area contributed by atoms with Crippen LogP contribution in [0.4, 0.5) is 8.78 Å². The number of aromatic nitrogens is 2. The first-order valence-corrected chi connectivity index (χ1v) is 15.3. The van der Waals surface area contributed by atoms with E-state index in [0.29, 0.717) is 28.7 Å². The minimum absolute atomic E-state index is 0.00539. The summed E-state index contributed by atoms with van der Waals surface area (Å²) in [5.74, 6) is -2.32. The lowest BCUT2D eigenvalue weighted by atomic mass is 9.71. The van der Waals surface area contributed by atoms with E-state index >= 15 is 8.78 Å². The van der Waals surface area contributed by atoms with Crippen molar-refractivity contribution in [3.8, 4) is 0 Å². The van der Waals surface area contributed by atoms with E-state index in [2.05, 4.69) is 9.97 Å². The normalized spacial score (nSPS) is 21.2. The van der Waals surface area contributed by atoms with Crippen LogP contribution in [0.3, 0.4) is 0 Å². The molecule has 3 aromatic rings. The van der Waals surface area contributed by atoms with E-state index in [0.717, 1.165) is 6.07 Å². The van der Waals surface area contributed by atoms with Gasteiger partial charge in [-0.2, -0.15) is 0 Å².